The topological polar surface area (TPSA) is 26.5 Å². The van der Waals surface area contributed by atoms with Gasteiger partial charge in [-0.1, -0.05) is 71.9 Å². The average molecular weight is 409 g/mol. The van der Waals surface area contributed by atoms with Gasteiger partial charge in [-0.15, -0.1) is 0 Å². The molecule has 31 heavy (non-hydrogen) atoms. The van der Waals surface area contributed by atoms with Gasteiger partial charge >= 0.3 is 0 Å². The van der Waals surface area contributed by atoms with E-state index >= 15 is 0 Å². The van der Waals surface area contributed by atoms with E-state index in [1.54, 1.807) is 0 Å². The molecule has 4 rings (SSSR count). The molecular weight excluding hydrogens is 380 g/mol. The fourth-order valence-electron chi connectivity index (χ4n) is 3.91. The van der Waals surface area contributed by atoms with Crippen LogP contribution >= 0.6 is 0 Å². The molecule has 3 nitrogen and oxygen atoms in total. The van der Waals surface area contributed by atoms with E-state index in [1.807, 2.05) is 25.1 Å². The third-order valence-corrected chi connectivity index (χ3v) is 5.65. The second-order valence-corrected chi connectivity index (χ2v) is 7.95. The van der Waals surface area contributed by atoms with Crippen LogP contribution < -0.4 is 0 Å². The first kappa shape index (κ1) is 20.7. The lowest BCUT2D eigenvalue weighted by atomic mass is 10.1. The standard InChI is InChI=1S/C28H28N2O/c1-20-11-10-16-26(17-20)30-23(4)27(18-28(30)24-13-6-5-7-14-24)22(3)29-31-19-25-15-9-8-12-21(25)2/h5-18H,19H2,1-4H3/b29-22+. The van der Waals surface area contributed by atoms with Crippen molar-refractivity contribution in [2.24, 2.45) is 5.16 Å². The Hall–Kier alpha value is -3.59. The van der Waals surface area contributed by atoms with Crippen molar-refractivity contribution < 1.29 is 4.84 Å². The zero-order valence-electron chi connectivity index (χ0n) is 18.6. The van der Waals surface area contributed by atoms with Gasteiger partial charge in [-0.25, -0.2) is 0 Å². The number of aromatic nitrogens is 1. The van der Waals surface area contributed by atoms with Gasteiger partial charge in [0, 0.05) is 16.9 Å². The molecule has 3 aromatic carbocycles. The van der Waals surface area contributed by atoms with Crippen molar-refractivity contribution in [3.63, 3.8) is 0 Å². The number of benzene rings is 3. The lowest BCUT2D eigenvalue weighted by Crippen LogP contribution is -2.03. The number of nitrogens with zero attached hydrogens (tertiary/aromatic N) is 2. The summed E-state index contributed by atoms with van der Waals surface area (Å²) in [4.78, 5) is 5.73. The van der Waals surface area contributed by atoms with E-state index in [4.69, 9.17) is 4.84 Å². The highest BCUT2D eigenvalue weighted by molar-refractivity contribution is 6.01. The van der Waals surface area contributed by atoms with Crippen LogP contribution in [0.5, 0.6) is 0 Å². The molecule has 0 aliphatic heterocycles. The average Bonchev–Trinajstić information content (AvgIpc) is 3.13. The summed E-state index contributed by atoms with van der Waals surface area (Å²) in [5.41, 5.74) is 10.2. The molecule has 1 heterocycles. The van der Waals surface area contributed by atoms with Crippen LogP contribution in [-0.2, 0) is 11.4 Å². The molecule has 0 saturated carbocycles. The maximum Gasteiger partial charge on any atom is 0.142 e. The van der Waals surface area contributed by atoms with Crippen LogP contribution in [0.3, 0.4) is 0 Å². The maximum atomic E-state index is 5.73. The molecule has 0 radical (unpaired) electrons. The predicted molar refractivity (Wildman–Crippen MR) is 129 cm³/mol. The van der Waals surface area contributed by atoms with E-state index in [9.17, 15) is 0 Å². The van der Waals surface area contributed by atoms with Crippen molar-refractivity contribution in [3.05, 3.63) is 113 Å². The van der Waals surface area contributed by atoms with Gasteiger partial charge in [0.2, 0.25) is 0 Å². The van der Waals surface area contributed by atoms with Gasteiger partial charge in [-0.2, -0.15) is 0 Å². The molecule has 0 spiro atoms. The summed E-state index contributed by atoms with van der Waals surface area (Å²) in [6.07, 6.45) is 0. The van der Waals surface area contributed by atoms with Crippen molar-refractivity contribution in [1.29, 1.82) is 0 Å². The minimum absolute atomic E-state index is 0.465. The zero-order valence-corrected chi connectivity index (χ0v) is 18.6. The van der Waals surface area contributed by atoms with Crippen LogP contribution in [0, 0.1) is 20.8 Å². The fourth-order valence-corrected chi connectivity index (χ4v) is 3.91. The van der Waals surface area contributed by atoms with E-state index < -0.39 is 0 Å². The molecule has 0 aliphatic carbocycles. The van der Waals surface area contributed by atoms with E-state index in [0.717, 1.165) is 33.9 Å². The number of hydrogen-bond donors (Lipinski definition) is 0. The SMILES string of the molecule is C/C(=N\OCc1ccccc1C)c1cc(-c2ccccc2)n(-c2cccc(C)c2)c1C. The predicted octanol–water partition coefficient (Wildman–Crippen LogP) is 7.01. The molecule has 0 aliphatic rings. The number of rotatable bonds is 6. The Bertz CT molecular complexity index is 1220. The van der Waals surface area contributed by atoms with E-state index in [-0.39, 0.29) is 0 Å². The van der Waals surface area contributed by atoms with Crippen LogP contribution in [0.25, 0.3) is 16.9 Å². The van der Waals surface area contributed by atoms with Crippen LogP contribution in [0.15, 0.2) is 90.1 Å². The first-order chi connectivity index (χ1) is 15.0. The third-order valence-electron chi connectivity index (χ3n) is 5.65. The molecule has 0 atom stereocenters. The maximum absolute atomic E-state index is 5.73. The summed E-state index contributed by atoms with van der Waals surface area (Å²) in [6, 6.07) is 29.5. The quantitative estimate of drug-likeness (QED) is 0.249. The molecule has 156 valence electrons. The highest BCUT2D eigenvalue weighted by atomic mass is 16.6. The zero-order chi connectivity index (χ0) is 21.8. The highest BCUT2D eigenvalue weighted by Crippen LogP contribution is 2.30. The minimum Gasteiger partial charge on any atom is -0.391 e. The van der Waals surface area contributed by atoms with Crippen molar-refractivity contribution >= 4 is 5.71 Å². The van der Waals surface area contributed by atoms with Crippen molar-refractivity contribution in [2.45, 2.75) is 34.3 Å². The largest absolute Gasteiger partial charge is 0.391 e. The third kappa shape index (κ3) is 4.46. The molecule has 4 aromatic rings. The Morgan fingerprint density at radius 3 is 2.32 bits per heavy atom. The summed E-state index contributed by atoms with van der Waals surface area (Å²) in [6.45, 7) is 8.83. The van der Waals surface area contributed by atoms with Gasteiger partial charge in [0.1, 0.15) is 6.61 Å². The number of oxime groups is 1. The van der Waals surface area contributed by atoms with Gasteiger partial charge < -0.3 is 9.40 Å². The monoisotopic (exact) mass is 408 g/mol. The Kier molecular flexibility index (Phi) is 6.03. The second-order valence-electron chi connectivity index (χ2n) is 7.95. The first-order valence-corrected chi connectivity index (χ1v) is 10.6. The van der Waals surface area contributed by atoms with Gasteiger partial charge in [0.15, 0.2) is 0 Å². The van der Waals surface area contributed by atoms with Gasteiger partial charge in [0.05, 0.1) is 11.4 Å². The highest BCUT2D eigenvalue weighted by Gasteiger charge is 2.17. The molecule has 1 aromatic heterocycles. The van der Waals surface area contributed by atoms with Crippen LogP contribution in [0.4, 0.5) is 0 Å². The number of aryl methyl sites for hydroxylation is 2. The minimum atomic E-state index is 0.465. The Morgan fingerprint density at radius 2 is 1.58 bits per heavy atom. The van der Waals surface area contributed by atoms with E-state index in [2.05, 4.69) is 97.2 Å². The van der Waals surface area contributed by atoms with Gasteiger partial charge in [0.25, 0.3) is 0 Å². The summed E-state index contributed by atoms with van der Waals surface area (Å²) >= 11 is 0. The summed E-state index contributed by atoms with van der Waals surface area (Å²) in [5.74, 6) is 0. The van der Waals surface area contributed by atoms with Crippen LogP contribution in [0.1, 0.15) is 34.9 Å². The van der Waals surface area contributed by atoms with Crippen molar-refractivity contribution in [1.82, 2.24) is 4.57 Å². The summed E-state index contributed by atoms with van der Waals surface area (Å²) in [5, 5.41) is 4.45. The molecule has 0 N–H and O–H groups in total. The number of hydrogen-bond acceptors (Lipinski definition) is 2. The molecule has 0 unspecified atom stereocenters. The molecular formula is C28H28N2O. The molecule has 0 fully saturated rings. The van der Waals surface area contributed by atoms with Gasteiger partial charge in [-0.05, 0) is 68.1 Å². The van der Waals surface area contributed by atoms with E-state index in [1.165, 1.54) is 16.7 Å². The Labute approximate surface area is 184 Å². The van der Waals surface area contributed by atoms with Crippen LogP contribution in [-0.4, -0.2) is 10.3 Å². The molecule has 0 amide bonds. The molecule has 3 heteroatoms. The summed E-state index contributed by atoms with van der Waals surface area (Å²) in [7, 11) is 0. The van der Waals surface area contributed by atoms with Crippen molar-refractivity contribution in [2.75, 3.05) is 0 Å². The fraction of sp³-hybridized carbons (Fsp3) is 0.179. The molecule has 0 saturated heterocycles. The lowest BCUT2D eigenvalue weighted by Gasteiger charge is -2.13. The van der Waals surface area contributed by atoms with E-state index in [0.29, 0.717) is 6.61 Å². The summed E-state index contributed by atoms with van der Waals surface area (Å²) < 4.78 is 2.30. The Morgan fingerprint density at radius 1 is 0.839 bits per heavy atom. The smallest absolute Gasteiger partial charge is 0.142 e. The van der Waals surface area contributed by atoms with Gasteiger partial charge in [-0.3, -0.25) is 0 Å². The lowest BCUT2D eigenvalue weighted by molar-refractivity contribution is 0.130. The van der Waals surface area contributed by atoms with Crippen molar-refractivity contribution in [3.8, 4) is 16.9 Å². The Balaban J connectivity index is 1.72. The first-order valence-electron chi connectivity index (χ1n) is 10.6. The normalized spacial score (nSPS) is 11.5. The van der Waals surface area contributed by atoms with Crippen LogP contribution in [0.2, 0.25) is 0 Å². The molecule has 0 bridgehead atoms. The second kappa shape index (κ2) is 9.05.